The zero-order chi connectivity index (χ0) is 23.7. The molecule has 0 saturated carbocycles. The number of barbiturate groups is 1. The first-order valence-corrected chi connectivity index (χ1v) is 9.92. The molecule has 0 radical (unpaired) electrons. The fraction of sp³-hybridized carbons (Fsp3) is 0.0455. The summed E-state index contributed by atoms with van der Waals surface area (Å²) in [5, 5.41) is 14.9. The summed E-state index contributed by atoms with van der Waals surface area (Å²) in [7, 11) is 1.50. The number of nitrogens with zero attached hydrogens (tertiary/aromatic N) is 2. The highest BCUT2D eigenvalue weighted by Gasteiger charge is 2.29. The maximum Gasteiger partial charge on any atom is 0.328 e. The van der Waals surface area contributed by atoms with Gasteiger partial charge in [-0.2, -0.15) is 0 Å². The number of aromatic hydroxyl groups is 1. The largest absolute Gasteiger partial charge is 0.497 e. The standard InChI is InChI=1S/C22H16N4O6S/c1-32-14-9-7-13(8-10-14)26-20(30)16(11-15-17(27)23-21(31)24-18(15)28)19(29)25(22(26)33)12-5-3-2-4-6-12/h2-11,30H,1H3,(H2,23,24,27,28,31). The Morgan fingerprint density at radius 1 is 0.879 bits per heavy atom. The van der Waals surface area contributed by atoms with Gasteiger partial charge in [-0.05, 0) is 54.7 Å². The summed E-state index contributed by atoms with van der Waals surface area (Å²) in [5.41, 5.74) is -0.867. The topological polar surface area (TPSA) is 132 Å². The van der Waals surface area contributed by atoms with E-state index in [1.807, 2.05) is 10.6 Å². The van der Waals surface area contributed by atoms with Crippen molar-refractivity contribution in [2.45, 2.75) is 0 Å². The Balaban J connectivity index is 2.04. The molecule has 0 bridgehead atoms. The second kappa shape index (κ2) is 8.55. The van der Waals surface area contributed by atoms with Crippen LogP contribution in [0.1, 0.15) is 5.56 Å². The third-order valence-corrected chi connectivity index (χ3v) is 5.21. The van der Waals surface area contributed by atoms with E-state index in [2.05, 4.69) is 0 Å². The first-order chi connectivity index (χ1) is 15.8. The van der Waals surface area contributed by atoms with Crippen molar-refractivity contribution in [2.75, 3.05) is 7.11 Å². The Kier molecular flexibility index (Phi) is 5.63. The van der Waals surface area contributed by atoms with Gasteiger partial charge in [-0.1, -0.05) is 18.2 Å². The van der Waals surface area contributed by atoms with Crippen LogP contribution in [0.25, 0.3) is 17.5 Å². The molecule has 0 spiro atoms. The number of benzene rings is 2. The van der Waals surface area contributed by atoms with Crippen molar-refractivity contribution in [3.63, 3.8) is 0 Å². The minimum atomic E-state index is -1.01. The van der Waals surface area contributed by atoms with Gasteiger partial charge in [-0.3, -0.25) is 34.2 Å². The number of carbonyl (C=O) groups is 3. The Morgan fingerprint density at radius 3 is 2.03 bits per heavy atom. The predicted octanol–water partition coefficient (Wildman–Crippen LogP) is 1.82. The third kappa shape index (κ3) is 3.92. The van der Waals surface area contributed by atoms with E-state index >= 15 is 0 Å². The molecule has 2 aromatic carbocycles. The SMILES string of the molecule is COc1ccc(-n2c(O)c(C=C3C(=O)NC(=O)NC3=O)c(=O)n(-c3ccccc3)c2=S)cc1. The van der Waals surface area contributed by atoms with E-state index in [0.29, 0.717) is 17.1 Å². The minimum absolute atomic E-state index is 0.0521. The van der Waals surface area contributed by atoms with Gasteiger partial charge in [-0.25, -0.2) is 4.79 Å². The van der Waals surface area contributed by atoms with E-state index in [1.54, 1.807) is 54.6 Å². The molecule has 1 fully saturated rings. The van der Waals surface area contributed by atoms with Crippen molar-refractivity contribution >= 4 is 36.1 Å². The number of methoxy groups -OCH3 is 1. The summed E-state index contributed by atoms with van der Waals surface area (Å²) in [4.78, 5) is 49.1. The van der Waals surface area contributed by atoms with E-state index < -0.39 is 34.9 Å². The number of urea groups is 1. The molecule has 3 aromatic rings. The average Bonchev–Trinajstić information content (AvgIpc) is 2.79. The molecule has 10 nitrogen and oxygen atoms in total. The minimum Gasteiger partial charge on any atom is -0.497 e. The Morgan fingerprint density at radius 2 is 1.45 bits per heavy atom. The lowest BCUT2D eigenvalue weighted by atomic mass is 10.1. The molecule has 1 saturated heterocycles. The molecule has 33 heavy (non-hydrogen) atoms. The first-order valence-electron chi connectivity index (χ1n) is 9.51. The summed E-state index contributed by atoms with van der Waals surface area (Å²) in [6.45, 7) is 0. The molecule has 11 heteroatoms. The number of amides is 4. The van der Waals surface area contributed by atoms with Crippen molar-refractivity contribution in [3.8, 4) is 23.0 Å². The number of aromatic nitrogens is 2. The number of imide groups is 2. The van der Waals surface area contributed by atoms with Crippen LogP contribution < -0.4 is 20.9 Å². The molecular weight excluding hydrogens is 448 g/mol. The van der Waals surface area contributed by atoms with Gasteiger partial charge in [-0.15, -0.1) is 0 Å². The molecule has 2 heterocycles. The molecule has 4 amide bonds. The molecule has 3 N–H and O–H groups in total. The number of para-hydroxylation sites is 1. The quantitative estimate of drug-likeness (QED) is 0.305. The molecule has 1 aliphatic heterocycles. The van der Waals surface area contributed by atoms with Crippen LogP contribution in [0.3, 0.4) is 0 Å². The molecule has 0 unspecified atom stereocenters. The van der Waals surface area contributed by atoms with E-state index in [0.717, 1.165) is 10.6 Å². The van der Waals surface area contributed by atoms with Gasteiger partial charge in [0.1, 0.15) is 16.9 Å². The fourth-order valence-electron chi connectivity index (χ4n) is 3.26. The van der Waals surface area contributed by atoms with Crippen molar-refractivity contribution in [1.29, 1.82) is 0 Å². The van der Waals surface area contributed by atoms with Crippen molar-refractivity contribution in [1.82, 2.24) is 19.8 Å². The van der Waals surface area contributed by atoms with Gasteiger partial charge >= 0.3 is 6.03 Å². The Labute approximate surface area is 191 Å². The van der Waals surface area contributed by atoms with E-state index in [1.165, 1.54) is 11.7 Å². The summed E-state index contributed by atoms with van der Waals surface area (Å²) < 4.78 is 7.49. The number of nitrogens with one attached hydrogen (secondary N) is 2. The van der Waals surface area contributed by atoms with E-state index in [9.17, 15) is 24.3 Å². The zero-order valence-corrected chi connectivity index (χ0v) is 17.9. The maximum atomic E-state index is 13.4. The fourth-order valence-corrected chi connectivity index (χ4v) is 3.64. The van der Waals surface area contributed by atoms with E-state index in [-0.39, 0.29) is 10.3 Å². The molecule has 1 aromatic heterocycles. The summed E-state index contributed by atoms with van der Waals surface area (Å²) >= 11 is 5.53. The van der Waals surface area contributed by atoms with Gasteiger partial charge in [0.25, 0.3) is 17.4 Å². The molecule has 0 aliphatic carbocycles. The number of hydrogen-bond acceptors (Lipinski definition) is 7. The van der Waals surface area contributed by atoms with Crippen LogP contribution in [0.15, 0.2) is 65.0 Å². The third-order valence-electron chi connectivity index (χ3n) is 4.85. The summed E-state index contributed by atoms with van der Waals surface area (Å²) in [6, 6.07) is 14.0. The number of rotatable bonds is 4. The normalized spacial score (nSPS) is 13.4. The highest BCUT2D eigenvalue weighted by molar-refractivity contribution is 7.71. The molecule has 1 aliphatic rings. The first kappa shape index (κ1) is 21.7. The smallest absolute Gasteiger partial charge is 0.328 e. The lowest BCUT2D eigenvalue weighted by Gasteiger charge is -2.18. The predicted molar refractivity (Wildman–Crippen MR) is 120 cm³/mol. The van der Waals surface area contributed by atoms with Crippen LogP contribution in [0.2, 0.25) is 0 Å². The Hall–Kier alpha value is -4.51. The van der Waals surface area contributed by atoms with Crippen LogP contribution in [-0.2, 0) is 9.59 Å². The van der Waals surface area contributed by atoms with Crippen molar-refractivity contribution in [2.24, 2.45) is 0 Å². The van der Waals surface area contributed by atoms with Gasteiger partial charge in [0, 0.05) is 0 Å². The van der Waals surface area contributed by atoms with Crippen LogP contribution in [0.4, 0.5) is 4.79 Å². The van der Waals surface area contributed by atoms with Crippen LogP contribution in [0.5, 0.6) is 11.6 Å². The second-order valence-corrected chi connectivity index (χ2v) is 7.19. The molecule has 166 valence electrons. The van der Waals surface area contributed by atoms with E-state index in [4.69, 9.17) is 17.0 Å². The zero-order valence-electron chi connectivity index (χ0n) is 17.1. The van der Waals surface area contributed by atoms with Crippen LogP contribution in [-0.4, -0.2) is 39.2 Å². The van der Waals surface area contributed by atoms with Gasteiger partial charge in [0.15, 0.2) is 4.77 Å². The van der Waals surface area contributed by atoms with Crippen LogP contribution >= 0.6 is 12.2 Å². The number of carbonyl (C=O) groups excluding carboxylic acids is 3. The summed E-state index contributed by atoms with van der Waals surface area (Å²) in [6.07, 6.45) is 0.920. The van der Waals surface area contributed by atoms with Crippen molar-refractivity contribution < 1.29 is 24.2 Å². The average molecular weight is 464 g/mol. The number of hydrogen-bond donors (Lipinski definition) is 3. The molecule has 4 rings (SSSR count). The lowest BCUT2D eigenvalue weighted by Crippen LogP contribution is -2.51. The second-order valence-electron chi connectivity index (χ2n) is 6.82. The van der Waals surface area contributed by atoms with Crippen LogP contribution in [0, 0.1) is 4.77 Å². The number of ether oxygens (including phenoxy) is 1. The van der Waals surface area contributed by atoms with Gasteiger partial charge in [0.05, 0.1) is 18.5 Å². The molecule has 0 atom stereocenters. The molecular formula is C22H16N4O6S. The highest BCUT2D eigenvalue weighted by Crippen LogP contribution is 2.25. The van der Waals surface area contributed by atoms with Crippen molar-refractivity contribution in [3.05, 3.63) is 80.9 Å². The summed E-state index contributed by atoms with van der Waals surface area (Å²) in [5.74, 6) is -2.05. The van der Waals surface area contributed by atoms with Gasteiger partial charge in [0.2, 0.25) is 5.88 Å². The lowest BCUT2D eigenvalue weighted by molar-refractivity contribution is -0.123. The monoisotopic (exact) mass is 464 g/mol. The maximum absolute atomic E-state index is 13.4. The highest BCUT2D eigenvalue weighted by atomic mass is 32.1. The van der Waals surface area contributed by atoms with Gasteiger partial charge < -0.3 is 9.84 Å². The Bertz CT molecular complexity index is 1420.